The molecular weight excluding hydrogens is 235 g/mol. The number of benzene rings is 1. The molecule has 0 bridgehead atoms. The number of rotatable bonds is 4. The molecule has 0 aliphatic rings. The van der Waals surface area contributed by atoms with Crippen LogP contribution in [0.25, 0.3) is 0 Å². The molecule has 18 heavy (non-hydrogen) atoms. The summed E-state index contributed by atoms with van der Waals surface area (Å²) in [6.45, 7) is 5.46. The molecule has 5 heteroatoms. The van der Waals surface area contributed by atoms with Crippen molar-refractivity contribution in [3.8, 4) is 0 Å². The van der Waals surface area contributed by atoms with E-state index in [4.69, 9.17) is 4.84 Å². The van der Waals surface area contributed by atoms with Gasteiger partial charge in [-0.3, -0.25) is 4.79 Å². The Morgan fingerprint density at radius 3 is 2.83 bits per heavy atom. The number of oxime groups is 1. The molecule has 1 aromatic carbocycles. The van der Waals surface area contributed by atoms with E-state index in [2.05, 4.69) is 10.5 Å². The van der Waals surface area contributed by atoms with Gasteiger partial charge in [0.1, 0.15) is 5.82 Å². The Labute approximate surface area is 106 Å². The summed E-state index contributed by atoms with van der Waals surface area (Å²) in [6, 6.07) is 5.92. The Hall–Kier alpha value is -1.91. The largest absolute Gasteiger partial charge is 0.386 e. The van der Waals surface area contributed by atoms with E-state index < -0.39 is 0 Å². The maximum absolute atomic E-state index is 12.8. The van der Waals surface area contributed by atoms with Crippen LogP contribution in [0.4, 0.5) is 4.39 Å². The molecule has 98 valence electrons. The van der Waals surface area contributed by atoms with Gasteiger partial charge in [-0.15, -0.1) is 0 Å². The van der Waals surface area contributed by atoms with Gasteiger partial charge in [-0.05, 0) is 38.5 Å². The highest BCUT2D eigenvalue weighted by atomic mass is 19.1. The van der Waals surface area contributed by atoms with E-state index in [-0.39, 0.29) is 23.9 Å². The Morgan fingerprint density at radius 2 is 2.22 bits per heavy atom. The average molecular weight is 252 g/mol. The molecule has 0 fully saturated rings. The molecule has 4 nitrogen and oxygen atoms in total. The lowest BCUT2D eigenvalue weighted by Gasteiger charge is -2.19. The van der Waals surface area contributed by atoms with Crippen LogP contribution in [0.15, 0.2) is 29.4 Å². The molecule has 1 amide bonds. The maximum Gasteiger partial charge on any atom is 0.261 e. The van der Waals surface area contributed by atoms with Crippen molar-refractivity contribution in [2.24, 2.45) is 5.16 Å². The van der Waals surface area contributed by atoms with Gasteiger partial charge in [-0.1, -0.05) is 17.3 Å². The van der Waals surface area contributed by atoms with Crippen LogP contribution in [0.3, 0.4) is 0 Å². The zero-order valence-corrected chi connectivity index (χ0v) is 10.7. The van der Waals surface area contributed by atoms with Crippen molar-refractivity contribution in [1.82, 2.24) is 5.32 Å². The fraction of sp³-hybridized carbons (Fsp3) is 0.385. The minimum absolute atomic E-state index is 0.164. The second kappa shape index (κ2) is 6.14. The topological polar surface area (TPSA) is 50.7 Å². The van der Waals surface area contributed by atoms with E-state index in [1.165, 1.54) is 18.3 Å². The first-order valence-electron chi connectivity index (χ1n) is 5.59. The van der Waals surface area contributed by atoms with Gasteiger partial charge in [0.05, 0.1) is 6.21 Å². The van der Waals surface area contributed by atoms with Crippen molar-refractivity contribution >= 4 is 12.1 Å². The third kappa shape index (κ3) is 5.98. The lowest BCUT2D eigenvalue weighted by molar-refractivity contribution is -0.127. The molecule has 0 spiro atoms. The van der Waals surface area contributed by atoms with E-state index in [9.17, 15) is 9.18 Å². The molecule has 0 saturated heterocycles. The third-order valence-corrected chi connectivity index (χ3v) is 1.84. The van der Waals surface area contributed by atoms with Crippen LogP contribution in [0.5, 0.6) is 0 Å². The molecule has 1 N–H and O–H groups in total. The molecule has 0 aromatic heterocycles. The number of carbonyl (C=O) groups excluding carboxylic acids is 1. The fourth-order valence-corrected chi connectivity index (χ4v) is 1.24. The molecule has 0 aliphatic heterocycles. The third-order valence-electron chi connectivity index (χ3n) is 1.84. The SMILES string of the molecule is CC(C)(C)NC(=O)CO/N=C\c1cccc(F)c1. The van der Waals surface area contributed by atoms with Gasteiger partial charge >= 0.3 is 0 Å². The summed E-state index contributed by atoms with van der Waals surface area (Å²) in [5.74, 6) is -0.594. The summed E-state index contributed by atoms with van der Waals surface area (Å²) in [7, 11) is 0. The monoisotopic (exact) mass is 252 g/mol. The van der Waals surface area contributed by atoms with Crippen molar-refractivity contribution in [2.45, 2.75) is 26.3 Å². The molecular formula is C13H17FN2O2. The molecule has 0 radical (unpaired) electrons. The molecule has 0 unspecified atom stereocenters. The van der Waals surface area contributed by atoms with Crippen molar-refractivity contribution in [1.29, 1.82) is 0 Å². The summed E-state index contributed by atoms with van der Waals surface area (Å²) in [4.78, 5) is 16.2. The molecule has 1 rings (SSSR count). The zero-order valence-electron chi connectivity index (χ0n) is 10.7. The van der Waals surface area contributed by atoms with Gasteiger partial charge in [-0.2, -0.15) is 0 Å². The standard InChI is InChI=1S/C13H17FN2O2/c1-13(2,3)16-12(17)9-18-15-8-10-5-4-6-11(14)7-10/h4-8H,9H2,1-3H3,(H,16,17)/b15-8-. The molecule has 0 saturated carbocycles. The first-order valence-corrected chi connectivity index (χ1v) is 5.59. The minimum atomic E-state index is -0.343. The Kier molecular flexibility index (Phi) is 4.83. The lowest BCUT2D eigenvalue weighted by Crippen LogP contribution is -2.42. The molecule has 0 aliphatic carbocycles. The number of hydrogen-bond donors (Lipinski definition) is 1. The van der Waals surface area contributed by atoms with Crippen LogP contribution >= 0.6 is 0 Å². The molecule has 0 heterocycles. The lowest BCUT2D eigenvalue weighted by atomic mass is 10.1. The number of hydrogen-bond acceptors (Lipinski definition) is 3. The quantitative estimate of drug-likeness (QED) is 0.659. The van der Waals surface area contributed by atoms with Crippen LogP contribution in [0, 0.1) is 5.82 Å². The first kappa shape index (κ1) is 14.2. The second-order valence-electron chi connectivity index (χ2n) is 4.86. The van der Waals surface area contributed by atoms with E-state index in [0.29, 0.717) is 5.56 Å². The fourth-order valence-electron chi connectivity index (χ4n) is 1.24. The maximum atomic E-state index is 12.8. The average Bonchev–Trinajstić information content (AvgIpc) is 2.22. The van der Waals surface area contributed by atoms with Crippen LogP contribution in [-0.4, -0.2) is 24.3 Å². The number of amides is 1. The summed E-state index contributed by atoms with van der Waals surface area (Å²) in [6.07, 6.45) is 1.35. The van der Waals surface area contributed by atoms with Crippen LogP contribution in [0.2, 0.25) is 0 Å². The summed E-state index contributed by atoms with van der Waals surface area (Å²) in [5, 5.41) is 6.33. The van der Waals surface area contributed by atoms with E-state index in [1.54, 1.807) is 12.1 Å². The Bertz CT molecular complexity index is 439. The summed E-state index contributed by atoms with van der Waals surface area (Å²) < 4.78 is 12.8. The zero-order chi connectivity index (χ0) is 13.6. The second-order valence-corrected chi connectivity index (χ2v) is 4.86. The predicted molar refractivity (Wildman–Crippen MR) is 67.8 cm³/mol. The number of nitrogens with one attached hydrogen (secondary N) is 1. The first-order chi connectivity index (χ1) is 8.37. The van der Waals surface area contributed by atoms with Gasteiger partial charge in [0.2, 0.25) is 0 Å². The van der Waals surface area contributed by atoms with Crippen molar-refractivity contribution in [3.05, 3.63) is 35.6 Å². The number of halogens is 1. The summed E-state index contributed by atoms with van der Waals surface area (Å²) >= 11 is 0. The highest BCUT2D eigenvalue weighted by molar-refractivity contribution is 5.80. The normalized spacial score (nSPS) is 11.6. The van der Waals surface area contributed by atoms with Gasteiger partial charge in [-0.25, -0.2) is 4.39 Å². The molecule has 1 aromatic rings. The Balaban J connectivity index is 2.36. The van der Waals surface area contributed by atoms with Crippen LogP contribution in [0.1, 0.15) is 26.3 Å². The van der Waals surface area contributed by atoms with Crippen LogP contribution in [-0.2, 0) is 9.63 Å². The number of carbonyl (C=O) groups is 1. The predicted octanol–water partition coefficient (Wildman–Crippen LogP) is 2.09. The van der Waals surface area contributed by atoms with Crippen molar-refractivity contribution in [3.63, 3.8) is 0 Å². The van der Waals surface area contributed by atoms with E-state index >= 15 is 0 Å². The van der Waals surface area contributed by atoms with Crippen molar-refractivity contribution < 1.29 is 14.0 Å². The van der Waals surface area contributed by atoms with Gasteiger partial charge in [0, 0.05) is 5.54 Å². The van der Waals surface area contributed by atoms with E-state index in [0.717, 1.165) is 0 Å². The Morgan fingerprint density at radius 1 is 1.50 bits per heavy atom. The highest BCUT2D eigenvalue weighted by Crippen LogP contribution is 2.01. The number of nitrogens with zero attached hydrogens (tertiary/aromatic N) is 1. The smallest absolute Gasteiger partial charge is 0.261 e. The van der Waals surface area contributed by atoms with Gasteiger partial charge < -0.3 is 10.2 Å². The highest BCUT2D eigenvalue weighted by Gasteiger charge is 2.13. The van der Waals surface area contributed by atoms with Gasteiger partial charge in [0.25, 0.3) is 5.91 Å². The minimum Gasteiger partial charge on any atom is -0.386 e. The molecule has 0 atom stereocenters. The van der Waals surface area contributed by atoms with Gasteiger partial charge in [0.15, 0.2) is 6.61 Å². The van der Waals surface area contributed by atoms with E-state index in [1.807, 2.05) is 20.8 Å². The van der Waals surface area contributed by atoms with Crippen LogP contribution < -0.4 is 5.32 Å². The summed E-state index contributed by atoms with van der Waals surface area (Å²) in [5.41, 5.74) is 0.276. The van der Waals surface area contributed by atoms with Crippen molar-refractivity contribution in [2.75, 3.05) is 6.61 Å².